The first-order valence-corrected chi connectivity index (χ1v) is 9.27. The SMILES string of the molecule is CC1CCCC1CNS(=O)(=O)c1ccc(Cl)c(CN)c1Cl. The van der Waals surface area contributed by atoms with Gasteiger partial charge in [-0.1, -0.05) is 43.0 Å². The lowest BCUT2D eigenvalue weighted by atomic mass is 9.99. The van der Waals surface area contributed by atoms with E-state index < -0.39 is 10.0 Å². The smallest absolute Gasteiger partial charge is 0.242 e. The molecule has 1 aliphatic carbocycles. The van der Waals surface area contributed by atoms with Gasteiger partial charge >= 0.3 is 0 Å². The Balaban J connectivity index is 2.20. The number of sulfonamides is 1. The van der Waals surface area contributed by atoms with E-state index in [9.17, 15) is 8.42 Å². The van der Waals surface area contributed by atoms with Crippen molar-refractivity contribution in [3.63, 3.8) is 0 Å². The molecule has 2 rings (SSSR count). The third-order valence-electron chi connectivity index (χ3n) is 4.22. The van der Waals surface area contributed by atoms with Gasteiger partial charge in [0.25, 0.3) is 0 Å². The molecule has 4 nitrogen and oxygen atoms in total. The number of nitrogens with two attached hydrogens (primary N) is 1. The van der Waals surface area contributed by atoms with Gasteiger partial charge in [0.2, 0.25) is 10.0 Å². The van der Waals surface area contributed by atoms with Crippen LogP contribution < -0.4 is 10.5 Å². The third kappa shape index (κ3) is 3.71. The largest absolute Gasteiger partial charge is 0.326 e. The monoisotopic (exact) mass is 350 g/mol. The summed E-state index contributed by atoms with van der Waals surface area (Å²) in [5.41, 5.74) is 6.03. The van der Waals surface area contributed by atoms with Crippen molar-refractivity contribution in [3.8, 4) is 0 Å². The number of benzene rings is 1. The van der Waals surface area contributed by atoms with E-state index in [1.165, 1.54) is 12.1 Å². The van der Waals surface area contributed by atoms with Crippen molar-refractivity contribution in [2.75, 3.05) is 6.54 Å². The number of rotatable bonds is 5. The molecular weight excluding hydrogens is 331 g/mol. The zero-order chi connectivity index (χ0) is 15.6. The Morgan fingerprint density at radius 1 is 1.33 bits per heavy atom. The topological polar surface area (TPSA) is 72.2 Å². The predicted molar refractivity (Wildman–Crippen MR) is 86.0 cm³/mol. The summed E-state index contributed by atoms with van der Waals surface area (Å²) in [6.45, 7) is 2.70. The van der Waals surface area contributed by atoms with Gasteiger partial charge in [-0.05, 0) is 30.4 Å². The third-order valence-corrected chi connectivity index (χ3v) is 6.58. The second kappa shape index (κ2) is 6.84. The Bertz CT molecular complexity index is 620. The van der Waals surface area contributed by atoms with Gasteiger partial charge in [0.05, 0.1) is 5.02 Å². The van der Waals surface area contributed by atoms with Gasteiger partial charge in [0.15, 0.2) is 0 Å². The molecule has 1 aliphatic rings. The van der Waals surface area contributed by atoms with E-state index in [0.717, 1.165) is 19.3 Å². The van der Waals surface area contributed by atoms with Gasteiger partial charge in [-0.3, -0.25) is 0 Å². The molecule has 7 heteroatoms. The molecule has 0 heterocycles. The maximum atomic E-state index is 12.4. The van der Waals surface area contributed by atoms with Crippen LogP contribution in [0.1, 0.15) is 31.7 Å². The fourth-order valence-corrected chi connectivity index (χ4v) is 4.82. The lowest BCUT2D eigenvalue weighted by molar-refractivity contribution is 0.414. The Hall–Kier alpha value is -0.330. The van der Waals surface area contributed by atoms with Crippen LogP contribution in [0.4, 0.5) is 0 Å². The van der Waals surface area contributed by atoms with Gasteiger partial charge in [-0.25, -0.2) is 13.1 Å². The summed E-state index contributed by atoms with van der Waals surface area (Å²) >= 11 is 12.1. The molecule has 1 fully saturated rings. The number of halogens is 2. The lowest BCUT2D eigenvalue weighted by Gasteiger charge is -2.17. The molecule has 0 saturated heterocycles. The average Bonchev–Trinajstić information content (AvgIpc) is 2.82. The molecule has 1 aromatic rings. The molecule has 3 N–H and O–H groups in total. The van der Waals surface area contributed by atoms with Crippen molar-refractivity contribution in [2.24, 2.45) is 17.6 Å². The minimum atomic E-state index is -3.65. The van der Waals surface area contributed by atoms with E-state index in [-0.39, 0.29) is 16.5 Å². The molecule has 0 amide bonds. The quantitative estimate of drug-likeness (QED) is 0.856. The predicted octanol–water partition coefficient (Wildman–Crippen LogP) is 3.17. The molecule has 0 aliphatic heterocycles. The van der Waals surface area contributed by atoms with Crippen LogP contribution in [-0.2, 0) is 16.6 Å². The summed E-state index contributed by atoms with van der Waals surface area (Å²) < 4.78 is 27.5. The van der Waals surface area contributed by atoms with Crippen molar-refractivity contribution < 1.29 is 8.42 Å². The highest BCUT2D eigenvalue weighted by molar-refractivity contribution is 7.89. The Morgan fingerprint density at radius 2 is 2.05 bits per heavy atom. The zero-order valence-electron chi connectivity index (χ0n) is 11.9. The molecule has 2 atom stereocenters. The van der Waals surface area contributed by atoms with E-state index in [4.69, 9.17) is 28.9 Å². The normalized spacial score (nSPS) is 22.7. The average molecular weight is 351 g/mol. The van der Waals surface area contributed by atoms with Crippen LogP contribution in [-0.4, -0.2) is 15.0 Å². The van der Waals surface area contributed by atoms with Crippen LogP contribution in [0.15, 0.2) is 17.0 Å². The van der Waals surface area contributed by atoms with Crippen LogP contribution in [0.3, 0.4) is 0 Å². The van der Waals surface area contributed by atoms with Gasteiger partial charge in [0.1, 0.15) is 4.90 Å². The number of hydrogen-bond acceptors (Lipinski definition) is 3. The highest BCUT2D eigenvalue weighted by Crippen LogP contribution is 2.32. The van der Waals surface area contributed by atoms with Gasteiger partial charge in [0, 0.05) is 23.7 Å². The van der Waals surface area contributed by atoms with Gasteiger partial charge in [-0.15, -0.1) is 0 Å². The van der Waals surface area contributed by atoms with Crippen molar-refractivity contribution in [2.45, 2.75) is 37.6 Å². The summed E-state index contributed by atoms with van der Waals surface area (Å²) in [4.78, 5) is 0.0414. The minimum absolute atomic E-state index is 0.0414. The second-order valence-electron chi connectivity index (χ2n) is 5.56. The molecule has 0 spiro atoms. The first-order valence-electron chi connectivity index (χ1n) is 7.03. The van der Waals surface area contributed by atoms with Crippen LogP contribution in [0.5, 0.6) is 0 Å². The van der Waals surface area contributed by atoms with Crippen molar-refractivity contribution >= 4 is 33.2 Å². The molecule has 1 saturated carbocycles. The van der Waals surface area contributed by atoms with E-state index in [1.807, 2.05) is 0 Å². The van der Waals surface area contributed by atoms with Crippen LogP contribution in [0, 0.1) is 11.8 Å². The summed E-state index contributed by atoms with van der Waals surface area (Å²) in [6.07, 6.45) is 3.38. The Labute approximate surface area is 136 Å². The lowest BCUT2D eigenvalue weighted by Crippen LogP contribution is -2.30. The molecule has 0 aromatic heterocycles. The Morgan fingerprint density at radius 3 is 2.62 bits per heavy atom. The molecule has 0 radical (unpaired) electrons. The highest BCUT2D eigenvalue weighted by atomic mass is 35.5. The van der Waals surface area contributed by atoms with Crippen molar-refractivity contribution in [1.29, 1.82) is 0 Å². The van der Waals surface area contributed by atoms with E-state index in [1.54, 1.807) is 0 Å². The maximum absolute atomic E-state index is 12.4. The van der Waals surface area contributed by atoms with Crippen LogP contribution >= 0.6 is 23.2 Å². The Kier molecular flexibility index (Phi) is 5.54. The summed E-state index contributed by atoms with van der Waals surface area (Å²) in [5.74, 6) is 0.938. The summed E-state index contributed by atoms with van der Waals surface area (Å²) in [5, 5.41) is 0.489. The van der Waals surface area contributed by atoms with Gasteiger partial charge < -0.3 is 5.73 Å². The molecule has 2 unspecified atom stereocenters. The molecule has 118 valence electrons. The van der Waals surface area contributed by atoms with Crippen LogP contribution in [0.2, 0.25) is 10.0 Å². The highest BCUT2D eigenvalue weighted by Gasteiger charge is 2.27. The van der Waals surface area contributed by atoms with Gasteiger partial charge in [-0.2, -0.15) is 0 Å². The van der Waals surface area contributed by atoms with Crippen molar-refractivity contribution in [3.05, 3.63) is 27.7 Å². The summed E-state index contributed by atoms with van der Waals surface area (Å²) in [6, 6.07) is 2.94. The fraction of sp³-hybridized carbons (Fsp3) is 0.571. The molecular formula is C14H20Cl2N2O2S. The second-order valence-corrected chi connectivity index (χ2v) is 8.08. The first kappa shape index (κ1) is 17.0. The van der Waals surface area contributed by atoms with Crippen molar-refractivity contribution in [1.82, 2.24) is 4.72 Å². The fourth-order valence-electron chi connectivity index (χ4n) is 2.79. The molecule has 0 bridgehead atoms. The first-order chi connectivity index (χ1) is 9.86. The van der Waals surface area contributed by atoms with E-state index >= 15 is 0 Å². The maximum Gasteiger partial charge on any atom is 0.242 e. The van der Waals surface area contributed by atoms with Crippen LogP contribution in [0.25, 0.3) is 0 Å². The molecule has 1 aromatic carbocycles. The van der Waals surface area contributed by atoms with E-state index in [2.05, 4.69) is 11.6 Å². The van der Waals surface area contributed by atoms with E-state index in [0.29, 0.717) is 29.0 Å². The summed E-state index contributed by atoms with van der Waals surface area (Å²) in [7, 11) is -3.65. The number of hydrogen-bond donors (Lipinski definition) is 2. The zero-order valence-corrected chi connectivity index (χ0v) is 14.2. The standard InChI is InChI=1S/C14H20Cl2N2O2S/c1-9-3-2-4-10(9)8-18-21(19,20)13-6-5-12(15)11(7-17)14(13)16/h5-6,9-10,18H,2-4,7-8,17H2,1H3. The number of nitrogens with one attached hydrogen (secondary N) is 1. The molecule has 21 heavy (non-hydrogen) atoms. The minimum Gasteiger partial charge on any atom is -0.326 e.